The fourth-order valence-corrected chi connectivity index (χ4v) is 2.45. The first kappa shape index (κ1) is 13.8. The van der Waals surface area contributed by atoms with Gasteiger partial charge in [0.15, 0.2) is 0 Å². The molecule has 1 fully saturated rings. The summed E-state index contributed by atoms with van der Waals surface area (Å²) in [6.07, 6.45) is 4.59. The molecule has 0 radical (unpaired) electrons. The molecule has 0 aromatic carbocycles. The molecule has 0 aliphatic heterocycles. The zero-order chi connectivity index (χ0) is 13.7. The van der Waals surface area contributed by atoms with Crippen LogP contribution in [0.3, 0.4) is 0 Å². The zero-order valence-electron chi connectivity index (χ0n) is 11.2. The molecular formula is C12H21N5O2. The van der Waals surface area contributed by atoms with Gasteiger partial charge < -0.3 is 20.5 Å². The third kappa shape index (κ3) is 3.44. The second-order valence-electron chi connectivity index (χ2n) is 4.56. The third-order valence-corrected chi connectivity index (χ3v) is 3.26. The largest absolute Gasteiger partial charge is 0.464 e. The van der Waals surface area contributed by atoms with Gasteiger partial charge in [-0.25, -0.2) is 0 Å². The van der Waals surface area contributed by atoms with Gasteiger partial charge in [-0.2, -0.15) is 15.0 Å². The molecule has 1 aromatic heterocycles. The number of aromatic nitrogens is 3. The van der Waals surface area contributed by atoms with Crippen molar-refractivity contribution in [3.8, 4) is 6.01 Å². The number of nitrogens with zero attached hydrogens (tertiary/aromatic N) is 4. The zero-order valence-corrected chi connectivity index (χ0v) is 11.2. The number of aliphatic hydroxyl groups is 1. The summed E-state index contributed by atoms with van der Waals surface area (Å²) in [4.78, 5) is 14.4. The average Bonchev–Trinajstić information content (AvgIpc) is 2.89. The molecule has 0 atom stereocenters. The van der Waals surface area contributed by atoms with E-state index in [0.29, 0.717) is 25.1 Å². The number of aliphatic hydroxyl groups excluding tert-OH is 1. The maximum absolute atomic E-state index is 9.22. The lowest BCUT2D eigenvalue weighted by Crippen LogP contribution is -2.37. The van der Waals surface area contributed by atoms with E-state index >= 15 is 0 Å². The Morgan fingerprint density at radius 3 is 2.68 bits per heavy atom. The van der Waals surface area contributed by atoms with Crippen LogP contribution in [0.2, 0.25) is 0 Å². The first-order valence-corrected chi connectivity index (χ1v) is 6.76. The van der Waals surface area contributed by atoms with Gasteiger partial charge in [-0.1, -0.05) is 12.8 Å². The second-order valence-corrected chi connectivity index (χ2v) is 4.56. The van der Waals surface area contributed by atoms with E-state index in [4.69, 9.17) is 10.5 Å². The van der Waals surface area contributed by atoms with E-state index in [-0.39, 0.29) is 18.6 Å². The molecule has 7 heteroatoms. The van der Waals surface area contributed by atoms with Crippen molar-refractivity contribution in [2.45, 2.75) is 38.6 Å². The number of rotatable bonds is 6. The fourth-order valence-electron chi connectivity index (χ4n) is 2.45. The van der Waals surface area contributed by atoms with Gasteiger partial charge >= 0.3 is 6.01 Å². The van der Waals surface area contributed by atoms with E-state index in [2.05, 4.69) is 15.0 Å². The van der Waals surface area contributed by atoms with Crippen molar-refractivity contribution in [1.82, 2.24) is 15.0 Å². The first-order valence-electron chi connectivity index (χ1n) is 6.76. The van der Waals surface area contributed by atoms with E-state index in [0.717, 1.165) is 12.8 Å². The molecule has 2 rings (SSSR count). The smallest absolute Gasteiger partial charge is 0.323 e. The van der Waals surface area contributed by atoms with Crippen molar-refractivity contribution >= 4 is 11.9 Å². The Morgan fingerprint density at radius 1 is 1.32 bits per heavy atom. The molecule has 1 aromatic rings. The Morgan fingerprint density at radius 2 is 2.05 bits per heavy atom. The second kappa shape index (κ2) is 6.51. The molecule has 1 aliphatic rings. The molecule has 1 heterocycles. The van der Waals surface area contributed by atoms with Crippen LogP contribution in [0, 0.1) is 0 Å². The van der Waals surface area contributed by atoms with Gasteiger partial charge in [0.1, 0.15) is 0 Å². The summed E-state index contributed by atoms with van der Waals surface area (Å²) >= 11 is 0. The molecule has 0 spiro atoms. The number of hydrogen-bond donors (Lipinski definition) is 2. The summed E-state index contributed by atoms with van der Waals surface area (Å²) in [5, 5.41) is 9.22. The number of nitrogen functional groups attached to an aromatic ring is 1. The lowest BCUT2D eigenvalue weighted by molar-refractivity contribution is 0.294. The summed E-state index contributed by atoms with van der Waals surface area (Å²) in [5.41, 5.74) is 5.69. The summed E-state index contributed by atoms with van der Waals surface area (Å²) in [7, 11) is 0. The SMILES string of the molecule is CCOc1nc(N)nc(N(CCO)C2CCCC2)n1. The van der Waals surface area contributed by atoms with Gasteiger partial charge in [0, 0.05) is 12.6 Å². The van der Waals surface area contributed by atoms with Crippen LogP contribution in [-0.4, -0.2) is 45.9 Å². The molecule has 0 amide bonds. The standard InChI is InChI=1S/C12H21N5O2/c1-2-19-12-15-10(13)14-11(16-12)17(7-8-18)9-5-3-4-6-9/h9,18H,2-8H2,1H3,(H2,13,14,15,16). The number of ether oxygens (including phenoxy) is 1. The molecule has 0 bridgehead atoms. The summed E-state index contributed by atoms with van der Waals surface area (Å²) in [6.45, 7) is 2.90. The van der Waals surface area contributed by atoms with Crippen LogP contribution in [0.25, 0.3) is 0 Å². The lowest BCUT2D eigenvalue weighted by atomic mass is 10.2. The van der Waals surface area contributed by atoms with Crippen LogP contribution < -0.4 is 15.4 Å². The summed E-state index contributed by atoms with van der Waals surface area (Å²) in [5.74, 6) is 0.645. The van der Waals surface area contributed by atoms with Crippen LogP contribution in [-0.2, 0) is 0 Å². The van der Waals surface area contributed by atoms with Gasteiger partial charge in [0.25, 0.3) is 0 Å². The number of nitrogens with two attached hydrogens (primary N) is 1. The normalized spacial score (nSPS) is 15.7. The molecule has 1 aliphatic carbocycles. The van der Waals surface area contributed by atoms with Gasteiger partial charge in [0.2, 0.25) is 11.9 Å². The van der Waals surface area contributed by atoms with Gasteiger partial charge in [-0.05, 0) is 19.8 Å². The molecule has 0 saturated heterocycles. The predicted molar refractivity (Wildman–Crippen MR) is 72.1 cm³/mol. The Hall–Kier alpha value is -1.63. The molecule has 3 N–H and O–H groups in total. The van der Waals surface area contributed by atoms with Crippen molar-refractivity contribution in [1.29, 1.82) is 0 Å². The van der Waals surface area contributed by atoms with E-state index in [1.807, 2.05) is 11.8 Å². The lowest BCUT2D eigenvalue weighted by Gasteiger charge is -2.28. The predicted octanol–water partition coefficient (Wildman–Crippen LogP) is 0.594. The molecule has 106 valence electrons. The molecule has 7 nitrogen and oxygen atoms in total. The fraction of sp³-hybridized carbons (Fsp3) is 0.750. The molecular weight excluding hydrogens is 246 g/mol. The van der Waals surface area contributed by atoms with Crippen molar-refractivity contribution < 1.29 is 9.84 Å². The van der Waals surface area contributed by atoms with Crippen molar-refractivity contribution in [3.05, 3.63) is 0 Å². The first-order chi connectivity index (χ1) is 9.24. The van der Waals surface area contributed by atoms with E-state index in [1.165, 1.54) is 12.8 Å². The highest BCUT2D eigenvalue weighted by atomic mass is 16.5. The highest BCUT2D eigenvalue weighted by Crippen LogP contribution is 2.26. The minimum Gasteiger partial charge on any atom is -0.464 e. The Bertz CT molecular complexity index is 409. The van der Waals surface area contributed by atoms with Crippen LogP contribution in [0.1, 0.15) is 32.6 Å². The Kier molecular flexibility index (Phi) is 4.73. The van der Waals surface area contributed by atoms with E-state index < -0.39 is 0 Å². The van der Waals surface area contributed by atoms with Gasteiger partial charge in [0.05, 0.1) is 13.2 Å². The summed E-state index contributed by atoms with van der Waals surface area (Å²) < 4.78 is 5.29. The van der Waals surface area contributed by atoms with Crippen molar-refractivity contribution in [2.75, 3.05) is 30.4 Å². The minimum absolute atomic E-state index is 0.0616. The number of anilines is 2. The molecule has 19 heavy (non-hydrogen) atoms. The molecule has 1 saturated carbocycles. The molecule has 0 unspecified atom stereocenters. The van der Waals surface area contributed by atoms with Gasteiger partial charge in [-0.3, -0.25) is 0 Å². The van der Waals surface area contributed by atoms with E-state index in [1.54, 1.807) is 0 Å². The van der Waals surface area contributed by atoms with Crippen molar-refractivity contribution in [2.24, 2.45) is 0 Å². The van der Waals surface area contributed by atoms with Crippen LogP contribution in [0.5, 0.6) is 6.01 Å². The van der Waals surface area contributed by atoms with Gasteiger partial charge in [-0.15, -0.1) is 0 Å². The highest BCUT2D eigenvalue weighted by Gasteiger charge is 2.25. The topological polar surface area (TPSA) is 97.4 Å². The summed E-state index contributed by atoms with van der Waals surface area (Å²) in [6, 6.07) is 0.606. The third-order valence-electron chi connectivity index (χ3n) is 3.26. The maximum atomic E-state index is 9.22. The Labute approximate surface area is 112 Å². The minimum atomic E-state index is 0.0616. The Balaban J connectivity index is 2.24. The van der Waals surface area contributed by atoms with Crippen LogP contribution in [0.15, 0.2) is 0 Å². The monoisotopic (exact) mass is 267 g/mol. The van der Waals surface area contributed by atoms with E-state index in [9.17, 15) is 5.11 Å². The highest BCUT2D eigenvalue weighted by molar-refractivity contribution is 5.37. The van der Waals surface area contributed by atoms with Crippen LogP contribution in [0.4, 0.5) is 11.9 Å². The quantitative estimate of drug-likeness (QED) is 0.778. The van der Waals surface area contributed by atoms with Crippen LogP contribution >= 0.6 is 0 Å². The van der Waals surface area contributed by atoms with Crippen molar-refractivity contribution in [3.63, 3.8) is 0 Å². The number of hydrogen-bond acceptors (Lipinski definition) is 7. The maximum Gasteiger partial charge on any atom is 0.323 e. The average molecular weight is 267 g/mol.